The molecule has 0 atom stereocenters. The van der Waals surface area contributed by atoms with E-state index >= 15 is 0 Å². The summed E-state index contributed by atoms with van der Waals surface area (Å²) in [6.07, 6.45) is 3.27. The van der Waals surface area contributed by atoms with Crippen LogP contribution in [0.5, 0.6) is 0 Å². The van der Waals surface area contributed by atoms with Gasteiger partial charge in [-0.15, -0.1) is 0 Å². The van der Waals surface area contributed by atoms with Crippen molar-refractivity contribution in [2.75, 3.05) is 0 Å². The van der Waals surface area contributed by atoms with E-state index in [9.17, 15) is 4.79 Å². The number of nitrogens with zero attached hydrogens (tertiary/aromatic N) is 2. The summed E-state index contributed by atoms with van der Waals surface area (Å²) in [7, 11) is 0. The molecular formula is C8H11BrN2O. The fourth-order valence-corrected chi connectivity index (χ4v) is 1.30. The highest BCUT2D eigenvalue weighted by molar-refractivity contribution is 9.10. The van der Waals surface area contributed by atoms with Crippen LogP contribution in [-0.2, 0) is 6.54 Å². The maximum absolute atomic E-state index is 11.1. The first kappa shape index (κ1) is 9.45. The van der Waals surface area contributed by atoms with Gasteiger partial charge in [-0.2, -0.15) is 0 Å². The van der Waals surface area contributed by atoms with Crippen molar-refractivity contribution >= 4 is 15.9 Å². The van der Waals surface area contributed by atoms with Gasteiger partial charge in [0.1, 0.15) is 0 Å². The smallest absolute Gasteiger partial charge is 0.298 e. The lowest BCUT2D eigenvalue weighted by molar-refractivity contribution is 0.502. The predicted octanol–water partition coefficient (Wildman–Crippen LogP) is 1.66. The fraction of sp³-hybridized carbons (Fsp3) is 0.500. The molecule has 0 saturated heterocycles. The Bertz CT molecular complexity index is 319. The first-order valence-corrected chi connectivity index (χ1v) is 4.61. The van der Waals surface area contributed by atoms with Crippen LogP contribution < -0.4 is 5.69 Å². The van der Waals surface area contributed by atoms with Gasteiger partial charge in [-0.25, -0.2) is 9.78 Å². The van der Waals surface area contributed by atoms with E-state index in [4.69, 9.17) is 0 Å². The van der Waals surface area contributed by atoms with Crippen LogP contribution in [0.25, 0.3) is 0 Å². The molecule has 66 valence electrons. The summed E-state index contributed by atoms with van der Waals surface area (Å²) in [5, 5.41) is 0. The Morgan fingerprint density at radius 3 is 2.92 bits per heavy atom. The molecule has 1 heterocycles. The normalized spacial score (nSPS) is 10.7. The highest BCUT2D eigenvalue weighted by Crippen LogP contribution is 2.04. The third kappa shape index (κ3) is 2.44. The first-order chi connectivity index (χ1) is 5.59. The predicted molar refractivity (Wildman–Crippen MR) is 51.0 cm³/mol. The van der Waals surface area contributed by atoms with E-state index in [1.54, 1.807) is 10.8 Å². The van der Waals surface area contributed by atoms with Gasteiger partial charge in [0.25, 0.3) is 0 Å². The molecule has 0 aromatic carbocycles. The summed E-state index contributed by atoms with van der Waals surface area (Å²) >= 11 is 3.26. The molecular weight excluding hydrogens is 220 g/mol. The maximum atomic E-state index is 11.1. The van der Waals surface area contributed by atoms with Gasteiger partial charge in [-0.1, -0.05) is 13.8 Å². The summed E-state index contributed by atoms with van der Waals surface area (Å²) in [5.74, 6) is 0.457. The number of rotatable bonds is 2. The molecule has 4 heteroatoms. The molecule has 1 aromatic rings. The van der Waals surface area contributed by atoms with Crippen LogP contribution in [-0.4, -0.2) is 9.55 Å². The number of hydrogen-bond acceptors (Lipinski definition) is 2. The van der Waals surface area contributed by atoms with Crippen LogP contribution in [0.2, 0.25) is 0 Å². The Morgan fingerprint density at radius 2 is 2.33 bits per heavy atom. The van der Waals surface area contributed by atoms with E-state index in [2.05, 4.69) is 34.8 Å². The van der Waals surface area contributed by atoms with Crippen molar-refractivity contribution in [1.29, 1.82) is 0 Å². The molecule has 0 N–H and O–H groups in total. The lowest BCUT2D eigenvalue weighted by Gasteiger charge is -2.06. The van der Waals surface area contributed by atoms with E-state index in [1.807, 2.05) is 0 Å². The minimum absolute atomic E-state index is 0.188. The topological polar surface area (TPSA) is 34.9 Å². The zero-order valence-corrected chi connectivity index (χ0v) is 8.71. The Balaban J connectivity index is 2.98. The summed E-state index contributed by atoms with van der Waals surface area (Å²) in [6, 6.07) is 0. The van der Waals surface area contributed by atoms with Crippen molar-refractivity contribution in [3.63, 3.8) is 0 Å². The van der Waals surface area contributed by atoms with E-state index in [1.165, 1.54) is 6.20 Å². The van der Waals surface area contributed by atoms with Gasteiger partial charge in [-0.05, 0) is 21.8 Å². The van der Waals surface area contributed by atoms with Crippen LogP contribution >= 0.6 is 15.9 Å². The highest BCUT2D eigenvalue weighted by Gasteiger charge is 1.99. The zero-order valence-electron chi connectivity index (χ0n) is 7.12. The van der Waals surface area contributed by atoms with E-state index in [-0.39, 0.29) is 5.69 Å². The van der Waals surface area contributed by atoms with Crippen molar-refractivity contribution in [3.05, 3.63) is 27.4 Å². The second kappa shape index (κ2) is 3.85. The lowest BCUT2D eigenvalue weighted by atomic mass is 10.2. The van der Waals surface area contributed by atoms with Gasteiger partial charge in [0.05, 0.1) is 4.47 Å². The molecule has 0 bridgehead atoms. The SMILES string of the molecule is CC(C)Cn1cc(Br)cnc1=O. The average molecular weight is 231 g/mol. The molecule has 0 amide bonds. The largest absolute Gasteiger partial charge is 0.347 e. The molecule has 0 fully saturated rings. The minimum Gasteiger partial charge on any atom is -0.298 e. The molecule has 0 spiro atoms. The quantitative estimate of drug-likeness (QED) is 0.775. The van der Waals surface area contributed by atoms with Crippen LogP contribution in [0, 0.1) is 5.92 Å². The summed E-state index contributed by atoms with van der Waals surface area (Å²) < 4.78 is 2.44. The Hall–Kier alpha value is -0.640. The molecule has 0 saturated carbocycles. The molecule has 0 aliphatic carbocycles. The number of halogens is 1. The van der Waals surface area contributed by atoms with E-state index in [0.29, 0.717) is 12.5 Å². The Labute approximate surface area is 79.6 Å². The van der Waals surface area contributed by atoms with Crippen molar-refractivity contribution in [2.45, 2.75) is 20.4 Å². The monoisotopic (exact) mass is 230 g/mol. The summed E-state index contributed by atoms with van der Waals surface area (Å²) in [5.41, 5.74) is -0.188. The minimum atomic E-state index is -0.188. The second-order valence-electron chi connectivity index (χ2n) is 3.10. The molecule has 1 rings (SSSR count). The van der Waals surface area contributed by atoms with Crippen LogP contribution in [0.15, 0.2) is 21.7 Å². The van der Waals surface area contributed by atoms with Crippen molar-refractivity contribution < 1.29 is 0 Å². The lowest BCUT2D eigenvalue weighted by Crippen LogP contribution is -2.23. The van der Waals surface area contributed by atoms with Gasteiger partial charge in [0, 0.05) is 18.9 Å². The molecule has 0 aliphatic rings. The van der Waals surface area contributed by atoms with E-state index < -0.39 is 0 Å². The molecule has 0 unspecified atom stereocenters. The second-order valence-corrected chi connectivity index (χ2v) is 4.02. The standard InChI is InChI=1S/C8H11BrN2O/c1-6(2)4-11-5-7(9)3-10-8(11)12/h3,5-6H,4H2,1-2H3. The molecule has 0 aliphatic heterocycles. The van der Waals surface area contributed by atoms with Gasteiger partial charge < -0.3 is 0 Å². The van der Waals surface area contributed by atoms with Crippen molar-refractivity contribution in [1.82, 2.24) is 9.55 Å². The number of aromatic nitrogens is 2. The van der Waals surface area contributed by atoms with Crippen LogP contribution in [0.4, 0.5) is 0 Å². The Kier molecular flexibility index (Phi) is 3.03. The van der Waals surface area contributed by atoms with Gasteiger partial charge >= 0.3 is 5.69 Å². The van der Waals surface area contributed by atoms with E-state index in [0.717, 1.165) is 4.47 Å². The third-order valence-electron chi connectivity index (χ3n) is 1.39. The zero-order chi connectivity index (χ0) is 9.14. The fourth-order valence-electron chi connectivity index (χ4n) is 0.953. The maximum Gasteiger partial charge on any atom is 0.347 e. The first-order valence-electron chi connectivity index (χ1n) is 3.81. The van der Waals surface area contributed by atoms with Gasteiger partial charge in [-0.3, -0.25) is 4.57 Å². The average Bonchev–Trinajstić information content (AvgIpc) is 1.96. The van der Waals surface area contributed by atoms with Crippen molar-refractivity contribution in [2.24, 2.45) is 5.92 Å². The molecule has 0 radical (unpaired) electrons. The van der Waals surface area contributed by atoms with Gasteiger partial charge in [0.2, 0.25) is 0 Å². The highest BCUT2D eigenvalue weighted by atomic mass is 79.9. The van der Waals surface area contributed by atoms with Crippen LogP contribution in [0.1, 0.15) is 13.8 Å². The molecule has 1 aromatic heterocycles. The number of hydrogen-bond donors (Lipinski definition) is 0. The molecule has 12 heavy (non-hydrogen) atoms. The van der Waals surface area contributed by atoms with Crippen LogP contribution in [0.3, 0.4) is 0 Å². The third-order valence-corrected chi connectivity index (χ3v) is 1.79. The molecule has 3 nitrogen and oxygen atoms in total. The summed E-state index contributed by atoms with van der Waals surface area (Å²) in [6.45, 7) is 4.84. The van der Waals surface area contributed by atoms with Crippen molar-refractivity contribution in [3.8, 4) is 0 Å². The van der Waals surface area contributed by atoms with Gasteiger partial charge in [0.15, 0.2) is 0 Å². The Morgan fingerprint density at radius 1 is 1.67 bits per heavy atom. The summed E-state index contributed by atoms with van der Waals surface area (Å²) in [4.78, 5) is 14.8.